The van der Waals surface area contributed by atoms with Gasteiger partial charge in [-0.05, 0) is 63.0 Å². The van der Waals surface area contributed by atoms with Crippen molar-refractivity contribution in [1.82, 2.24) is 10.2 Å². The summed E-state index contributed by atoms with van der Waals surface area (Å²) >= 11 is 0. The zero-order valence-electron chi connectivity index (χ0n) is 14.1. The molecule has 1 saturated heterocycles. The summed E-state index contributed by atoms with van der Waals surface area (Å²) < 4.78 is 0. The molecule has 0 aromatic heterocycles. The molecule has 4 nitrogen and oxygen atoms in total. The van der Waals surface area contributed by atoms with Crippen LogP contribution in [0.3, 0.4) is 0 Å². The minimum absolute atomic E-state index is 0.0108. The maximum absolute atomic E-state index is 12.1. The summed E-state index contributed by atoms with van der Waals surface area (Å²) in [5, 5.41) is 6.45. The highest BCUT2D eigenvalue weighted by atomic mass is 16.1. The van der Waals surface area contributed by atoms with E-state index in [0.717, 1.165) is 23.7 Å². The van der Waals surface area contributed by atoms with Crippen molar-refractivity contribution in [3.63, 3.8) is 0 Å². The number of hydrogen-bond acceptors (Lipinski definition) is 3. The molecule has 1 amide bonds. The molecule has 0 radical (unpaired) electrons. The van der Waals surface area contributed by atoms with E-state index in [4.69, 9.17) is 0 Å². The molecule has 0 atom stereocenters. The number of likely N-dealkylation sites (tertiary alicyclic amines) is 1. The monoisotopic (exact) mass is 303 g/mol. The fourth-order valence-corrected chi connectivity index (χ4v) is 2.70. The van der Waals surface area contributed by atoms with Gasteiger partial charge in [-0.2, -0.15) is 0 Å². The van der Waals surface area contributed by atoms with Gasteiger partial charge in [0, 0.05) is 24.3 Å². The van der Waals surface area contributed by atoms with Gasteiger partial charge in [-0.15, -0.1) is 0 Å². The number of carbonyl (C=O) groups excluding carboxylic acids is 1. The van der Waals surface area contributed by atoms with Crippen molar-refractivity contribution < 1.29 is 4.79 Å². The van der Waals surface area contributed by atoms with Crippen LogP contribution < -0.4 is 10.6 Å². The lowest BCUT2D eigenvalue weighted by Crippen LogP contribution is -2.33. The highest BCUT2D eigenvalue weighted by Crippen LogP contribution is 2.18. The van der Waals surface area contributed by atoms with Crippen molar-refractivity contribution in [2.45, 2.75) is 26.7 Å². The average Bonchev–Trinajstić information content (AvgIpc) is 2.52. The molecule has 22 heavy (non-hydrogen) atoms. The topological polar surface area (TPSA) is 44.4 Å². The molecular formula is C18H29N3O. The van der Waals surface area contributed by atoms with E-state index in [-0.39, 0.29) is 5.91 Å². The maximum atomic E-state index is 12.1. The molecule has 1 aliphatic heterocycles. The Labute approximate surface area is 134 Å². The molecule has 0 saturated carbocycles. The molecule has 1 heterocycles. The van der Waals surface area contributed by atoms with Crippen LogP contribution in [0.5, 0.6) is 0 Å². The largest absolute Gasteiger partial charge is 0.385 e. The molecule has 0 spiro atoms. The molecule has 2 N–H and O–H groups in total. The third kappa shape index (κ3) is 5.34. The fraction of sp³-hybridized carbons (Fsp3) is 0.611. The Balaban J connectivity index is 1.84. The minimum atomic E-state index is 0.0108. The fourth-order valence-electron chi connectivity index (χ4n) is 2.70. The van der Waals surface area contributed by atoms with Gasteiger partial charge < -0.3 is 15.5 Å². The number of piperidine rings is 1. The zero-order chi connectivity index (χ0) is 15.9. The molecule has 1 fully saturated rings. The maximum Gasteiger partial charge on any atom is 0.251 e. The third-order valence-corrected chi connectivity index (χ3v) is 4.23. The van der Waals surface area contributed by atoms with Gasteiger partial charge in [0.1, 0.15) is 0 Å². The van der Waals surface area contributed by atoms with Crippen LogP contribution in [0.2, 0.25) is 0 Å². The number of carbonyl (C=O) groups is 1. The lowest BCUT2D eigenvalue weighted by Gasteiger charge is -2.29. The average molecular weight is 303 g/mol. The molecule has 0 unspecified atom stereocenters. The molecule has 1 aliphatic rings. The first kappa shape index (κ1) is 16.8. The Morgan fingerprint density at radius 3 is 2.73 bits per heavy atom. The van der Waals surface area contributed by atoms with Crippen molar-refractivity contribution >= 4 is 11.6 Å². The lowest BCUT2D eigenvalue weighted by molar-refractivity contribution is 0.0949. The van der Waals surface area contributed by atoms with E-state index >= 15 is 0 Å². The van der Waals surface area contributed by atoms with Crippen molar-refractivity contribution in [2.75, 3.05) is 38.5 Å². The normalized spacial score (nSPS) is 16.7. The van der Waals surface area contributed by atoms with Crippen LogP contribution in [0, 0.1) is 11.8 Å². The summed E-state index contributed by atoms with van der Waals surface area (Å²) in [5.41, 5.74) is 1.77. The number of anilines is 1. The Kier molecular flexibility index (Phi) is 6.25. The first-order valence-corrected chi connectivity index (χ1v) is 8.35. The second-order valence-corrected chi connectivity index (χ2v) is 6.81. The highest BCUT2D eigenvalue weighted by Gasteiger charge is 2.16. The Morgan fingerprint density at radius 2 is 2.05 bits per heavy atom. The van der Waals surface area contributed by atoms with Crippen molar-refractivity contribution in [2.24, 2.45) is 11.8 Å². The lowest BCUT2D eigenvalue weighted by atomic mass is 9.97. The van der Waals surface area contributed by atoms with E-state index in [0.29, 0.717) is 12.5 Å². The Bertz CT molecular complexity index is 479. The number of nitrogens with one attached hydrogen (secondary N) is 2. The van der Waals surface area contributed by atoms with Crippen LogP contribution in [0.4, 0.5) is 5.69 Å². The van der Waals surface area contributed by atoms with Gasteiger partial charge in [0.25, 0.3) is 5.91 Å². The van der Waals surface area contributed by atoms with Gasteiger partial charge in [0.05, 0.1) is 0 Å². The molecule has 0 aliphatic carbocycles. The van der Waals surface area contributed by atoms with Gasteiger partial charge in [0.2, 0.25) is 0 Å². The van der Waals surface area contributed by atoms with Crippen LogP contribution >= 0.6 is 0 Å². The molecule has 0 bridgehead atoms. The minimum Gasteiger partial charge on any atom is -0.385 e. The van der Waals surface area contributed by atoms with E-state index in [9.17, 15) is 4.79 Å². The van der Waals surface area contributed by atoms with Crippen LogP contribution in [0.25, 0.3) is 0 Å². The van der Waals surface area contributed by atoms with Crippen molar-refractivity contribution in [3.05, 3.63) is 29.8 Å². The van der Waals surface area contributed by atoms with Gasteiger partial charge in [0.15, 0.2) is 0 Å². The number of nitrogens with zero attached hydrogens (tertiary/aromatic N) is 1. The molecule has 2 rings (SSSR count). The van der Waals surface area contributed by atoms with E-state index in [1.165, 1.54) is 25.9 Å². The smallest absolute Gasteiger partial charge is 0.251 e. The molecule has 1 aromatic carbocycles. The third-order valence-electron chi connectivity index (χ3n) is 4.23. The predicted molar refractivity (Wildman–Crippen MR) is 92.3 cm³/mol. The van der Waals surface area contributed by atoms with E-state index < -0.39 is 0 Å². The first-order chi connectivity index (χ1) is 10.5. The summed E-state index contributed by atoms with van der Waals surface area (Å²) in [6, 6.07) is 7.80. The van der Waals surface area contributed by atoms with Crippen LogP contribution in [0.15, 0.2) is 24.3 Å². The molecule has 1 aromatic rings. The predicted octanol–water partition coefficient (Wildman–Crippen LogP) is 2.83. The number of hydrogen-bond donors (Lipinski definition) is 2. The summed E-state index contributed by atoms with van der Waals surface area (Å²) in [5.74, 6) is 1.21. The summed E-state index contributed by atoms with van der Waals surface area (Å²) in [4.78, 5) is 14.5. The SMILES string of the molecule is CC(C)CNC(=O)c1cccc(NCC2CCN(C)CC2)c1. The van der Waals surface area contributed by atoms with E-state index in [2.05, 4.69) is 36.4 Å². The molecule has 122 valence electrons. The van der Waals surface area contributed by atoms with Crippen molar-refractivity contribution in [1.29, 1.82) is 0 Å². The Morgan fingerprint density at radius 1 is 1.32 bits per heavy atom. The van der Waals surface area contributed by atoms with Crippen LogP contribution in [-0.4, -0.2) is 44.0 Å². The van der Waals surface area contributed by atoms with Crippen LogP contribution in [0.1, 0.15) is 37.0 Å². The molecule has 4 heteroatoms. The van der Waals surface area contributed by atoms with Gasteiger partial charge in [-0.25, -0.2) is 0 Å². The van der Waals surface area contributed by atoms with Gasteiger partial charge in [-0.1, -0.05) is 19.9 Å². The Hall–Kier alpha value is -1.55. The van der Waals surface area contributed by atoms with Gasteiger partial charge in [-0.3, -0.25) is 4.79 Å². The van der Waals surface area contributed by atoms with Gasteiger partial charge >= 0.3 is 0 Å². The number of benzene rings is 1. The standard InChI is InChI=1S/C18H29N3O/c1-14(2)12-20-18(22)16-5-4-6-17(11-16)19-13-15-7-9-21(3)10-8-15/h4-6,11,14-15,19H,7-10,12-13H2,1-3H3,(H,20,22). The zero-order valence-corrected chi connectivity index (χ0v) is 14.1. The second-order valence-electron chi connectivity index (χ2n) is 6.81. The summed E-state index contributed by atoms with van der Waals surface area (Å²) in [6.45, 7) is 8.27. The number of amides is 1. The van der Waals surface area contributed by atoms with E-state index in [1.807, 2.05) is 24.3 Å². The van der Waals surface area contributed by atoms with Crippen molar-refractivity contribution in [3.8, 4) is 0 Å². The summed E-state index contributed by atoms with van der Waals surface area (Å²) in [7, 11) is 2.18. The number of rotatable bonds is 6. The quantitative estimate of drug-likeness (QED) is 0.849. The van der Waals surface area contributed by atoms with E-state index in [1.54, 1.807) is 0 Å². The second kappa shape index (κ2) is 8.18. The highest BCUT2D eigenvalue weighted by molar-refractivity contribution is 5.95. The summed E-state index contributed by atoms with van der Waals surface area (Å²) in [6.07, 6.45) is 2.50. The van der Waals surface area contributed by atoms with Crippen LogP contribution in [-0.2, 0) is 0 Å². The first-order valence-electron chi connectivity index (χ1n) is 8.35. The molecular weight excluding hydrogens is 274 g/mol.